The summed E-state index contributed by atoms with van der Waals surface area (Å²) in [4.78, 5) is 11.9. The maximum Gasteiger partial charge on any atom is 0.251 e. The summed E-state index contributed by atoms with van der Waals surface area (Å²) in [6.45, 7) is 4.61. The number of fused-ring (bicyclic) bond motifs is 1. The Morgan fingerprint density at radius 1 is 1.19 bits per heavy atom. The van der Waals surface area contributed by atoms with Crippen molar-refractivity contribution in [1.82, 2.24) is 5.32 Å². The molecular weight excluding hydrogens is 198 g/mol. The van der Waals surface area contributed by atoms with Gasteiger partial charge in [-0.05, 0) is 36.2 Å². The van der Waals surface area contributed by atoms with E-state index in [1.54, 1.807) is 0 Å². The van der Waals surface area contributed by atoms with Gasteiger partial charge in [0.05, 0.1) is 0 Å². The first-order valence-corrected chi connectivity index (χ1v) is 5.50. The lowest BCUT2D eigenvalue weighted by atomic mass is 9.99. The third-order valence-electron chi connectivity index (χ3n) is 2.69. The van der Waals surface area contributed by atoms with Crippen LogP contribution in [-0.4, -0.2) is 12.5 Å². The number of nitrogens with one attached hydrogen (secondary N) is 1. The molecule has 2 heteroatoms. The van der Waals surface area contributed by atoms with Gasteiger partial charge in [0.15, 0.2) is 0 Å². The zero-order valence-corrected chi connectivity index (χ0v) is 9.58. The first kappa shape index (κ1) is 10.7. The Morgan fingerprint density at radius 2 is 1.88 bits per heavy atom. The van der Waals surface area contributed by atoms with Gasteiger partial charge in [0, 0.05) is 12.1 Å². The fraction of sp³-hybridized carbons (Fsp3) is 0.214. The Morgan fingerprint density at radius 3 is 2.56 bits per heavy atom. The average Bonchev–Trinajstić information content (AvgIpc) is 2.29. The topological polar surface area (TPSA) is 29.1 Å². The van der Waals surface area contributed by atoms with Crippen molar-refractivity contribution in [2.45, 2.75) is 13.8 Å². The van der Waals surface area contributed by atoms with Gasteiger partial charge in [0.25, 0.3) is 5.91 Å². The predicted octanol–water partition coefficient (Wildman–Crippen LogP) is 2.90. The highest BCUT2D eigenvalue weighted by molar-refractivity contribution is 6.08. The molecule has 16 heavy (non-hydrogen) atoms. The predicted molar refractivity (Wildman–Crippen MR) is 66.7 cm³/mol. The molecule has 82 valence electrons. The van der Waals surface area contributed by atoms with Crippen LogP contribution in [0.2, 0.25) is 0 Å². The van der Waals surface area contributed by atoms with Gasteiger partial charge >= 0.3 is 0 Å². The molecule has 0 unspecified atom stereocenters. The molecule has 0 aromatic heterocycles. The van der Waals surface area contributed by atoms with Gasteiger partial charge in [0.1, 0.15) is 0 Å². The largest absolute Gasteiger partial charge is 0.352 e. The van der Waals surface area contributed by atoms with Crippen LogP contribution in [0.5, 0.6) is 0 Å². The van der Waals surface area contributed by atoms with Gasteiger partial charge in [-0.15, -0.1) is 0 Å². The first-order valence-electron chi connectivity index (χ1n) is 5.50. The van der Waals surface area contributed by atoms with Crippen molar-refractivity contribution < 1.29 is 4.79 Å². The summed E-state index contributed by atoms with van der Waals surface area (Å²) >= 11 is 0. The Balaban J connectivity index is 2.65. The lowest BCUT2D eigenvalue weighted by Crippen LogP contribution is -2.22. The van der Waals surface area contributed by atoms with Crippen LogP contribution in [0.1, 0.15) is 22.8 Å². The summed E-state index contributed by atoms with van der Waals surface area (Å²) in [7, 11) is 0. The Bertz CT molecular complexity index is 526. The molecule has 0 saturated heterocycles. The van der Waals surface area contributed by atoms with E-state index in [4.69, 9.17) is 0 Å². The van der Waals surface area contributed by atoms with Crippen molar-refractivity contribution in [1.29, 1.82) is 0 Å². The molecule has 0 aliphatic rings. The van der Waals surface area contributed by atoms with Crippen LogP contribution in [0.4, 0.5) is 0 Å². The molecule has 0 radical (unpaired) electrons. The van der Waals surface area contributed by atoms with Crippen LogP contribution in [0.15, 0.2) is 36.4 Å². The molecule has 2 aromatic rings. The molecule has 2 aromatic carbocycles. The molecule has 0 atom stereocenters. The highest BCUT2D eigenvalue weighted by Crippen LogP contribution is 2.22. The van der Waals surface area contributed by atoms with Gasteiger partial charge in [-0.2, -0.15) is 0 Å². The van der Waals surface area contributed by atoms with Crippen molar-refractivity contribution in [2.75, 3.05) is 6.54 Å². The van der Waals surface area contributed by atoms with Gasteiger partial charge < -0.3 is 5.32 Å². The lowest BCUT2D eigenvalue weighted by molar-refractivity contribution is 0.0957. The number of benzene rings is 2. The normalized spacial score (nSPS) is 10.4. The van der Waals surface area contributed by atoms with E-state index in [-0.39, 0.29) is 5.91 Å². The SMILES string of the molecule is CCNC(=O)c1cccc2cccc(C)c12. The zero-order chi connectivity index (χ0) is 11.5. The second-order valence-electron chi connectivity index (χ2n) is 3.84. The third kappa shape index (κ3) is 1.78. The van der Waals surface area contributed by atoms with E-state index in [0.29, 0.717) is 6.54 Å². The summed E-state index contributed by atoms with van der Waals surface area (Å²) in [6, 6.07) is 11.9. The number of aryl methyl sites for hydroxylation is 1. The summed E-state index contributed by atoms with van der Waals surface area (Å²) in [6.07, 6.45) is 0. The number of hydrogen-bond donors (Lipinski definition) is 1. The molecule has 2 nitrogen and oxygen atoms in total. The minimum absolute atomic E-state index is 0.00222. The monoisotopic (exact) mass is 213 g/mol. The maximum absolute atomic E-state index is 11.9. The molecule has 1 N–H and O–H groups in total. The van der Waals surface area contributed by atoms with Gasteiger partial charge in [0.2, 0.25) is 0 Å². The first-order chi connectivity index (χ1) is 7.74. The van der Waals surface area contributed by atoms with Crippen molar-refractivity contribution >= 4 is 16.7 Å². The molecular formula is C14H15NO. The van der Waals surface area contributed by atoms with Crippen molar-refractivity contribution in [3.8, 4) is 0 Å². The van der Waals surface area contributed by atoms with E-state index < -0.39 is 0 Å². The fourth-order valence-corrected chi connectivity index (χ4v) is 1.97. The Labute approximate surface area is 95.3 Å². The molecule has 0 aliphatic carbocycles. The summed E-state index contributed by atoms with van der Waals surface area (Å²) in [5, 5.41) is 5.01. The molecule has 0 bridgehead atoms. The van der Waals surface area contributed by atoms with Crippen molar-refractivity contribution in [3.05, 3.63) is 47.5 Å². The third-order valence-corrected chi connectivity index (χ3v) is 2.69. The van der Waals surface area contributed by atoms with Crippen molar-refractivity contribution in [2.24, 2.45) is 0 Å². The van der Waals surface area contributed by atoms with Crippen LogP contribution in [0.3, 0.4) is 0 Å². The van der Waals surface area contributed by atoms with E-state index in [9.17, 15) is 4.79 Å². The molecule has 0 fully saturated rings. The number of carbonyl (C=O) groups is 1. The number of rotatable bonds is 2. The highest BCUT2D eigenvalue weighted by Gasteiger charge is 2.09. The number of carbonyl (C=O) groups excluding carboxylic acids is 1. The number of hydrogen-bond acceptors (Lipinski definition) is 1. The minimum atomic E-state index is 0.00222. The van der Waals surface area contributed by atoms with E-state index in [0.717, 1.165) is 21.9 Å². The quantitative estimate of drug-likeness (QED) is 0.816. The van der Waals surface area contributed by atoms with E-state index >= 15 is 0 Å². The van der Waals surface area contributed by atoms with Crippen molar-refractivity contribution in [3.63, 3.8) is 0 Å². The van der Waals surface area contributed by atoms with Crippen LogP contribution in [0.25, 0.3) is 10.8 Å². The zero-order valence-electron chi connectivity index (χ0n) is 9.58. The maximum atomic E-state index is 11.9. The minimum Gasteiger partial charge on any atom is -0.352 e. The van der Waals surface area contributed by atoms with Crippen LogP contribution >= 0.6 is 0 Å². The summed E-state index contributed by atoms with van der Waals surface area (Å²) in [5.74, 6) is 0.00222. The van der Waals surface area contributed by atoms with Crippen LogP contribution in [-0.2, 0) is 0 Å². The van der Waals surface area contributed by atoms with Gasteiger partial charge in [-0.1, -0.05) is 30.3 Å². The molecule has 0 heterocycles. The van der Waals surface area contributed by atoms with Crippen LogP contribution in [0, 0.1) is 6.92 Å². The number of amides is 1. The van der Waals surface area contributed by atoms with E-state index in [2.05, 4.69) is 5.32 Å². The molecule has 1 amide bonds. The molecule has 2 rings (SSSR count). The average molecular weight is 213 g/mol. The molecule has 0 saturated carbocycles. The second-order valence-corrected chi connectivity index (χ2v) is 3.84. The van der Waals surface area contributed by atoms with Gasteiger partial charge in [-0.3, -0.25) is 4.79 Å². The summed E-state index contributed by atoms with van der Waals surface area (Å²) < 4.78 is 0. The molecule has 0 spiro atoms. The van der Waals surface area contributed by atoms with E-state index in [1.165, 1.54) is 0 Å². The Kier molecular flexibility index (Phi) is 2.91. The van der Waals surface area contributed by atoms with Gasteiger partial charge in [-0.25, -0.2) is 0 Å². The Hall–Kier alpha value is -1.83. The lowest BCUT2D eigenvalue weighted by Gasteiger charge is -2.08. The van der Waals surface area contributed by atoms with E-state index in [1.807, 2.05) is 50.2 Å². The fourth-order valence-electron chi connectivity index (χ4n) is 1.97. The molecule has 0 aliphatic heterocycles. The smallest absolute Gasteiger partial charge is 0.251 e. The van der Waals surface area contributed by atoms with Crippen LogP contribution < -0.4 is 5.32 Å². The highest BCUT2D eigenvalue weighted by atomic mass is 16.1. The second kappa shape index (κ2) is 4.35. The standard InChI is InChI=1S/C14H15NO/c1-3-15-14(16)12-9-5-8-11-7-4-6-10(2)13(11)12/h4-9H,3H2,1-2H3,(H,15,16). The summed E-state index contributed by atoms with van der Waals surface area (Å²) in [5.41, 5.74) is 1.90.